The number of aromatic nitrogens is 1. The predicted octanol–water partition coefficient (Wildman–Crippen LogP) is 0.109. The molecule has 0 aliphatic rings. The predicted molar refractivity (Wildman–Crippen MR) is 73.4 cm³/mol. The Morgan fingerprint density at radius 3 is 2.50 bits per heavy atom. The van der Waals surface area contributed by atoms with E-state index < -0.39 is 5.91 Å². The lowest BCUT2D eigenvalue weighted by molar-refractivity contribution is -0.107. The monoisotopic (exact) mass is 274 g/mol. The number of hydrogen-bond acceptors (Lipinski definition) is 4. The van der Waals surface area contributed by atoms with E-state index in [0.717, 1.165) is 16.1 Å². The number of benzene rings is 1. The number of primary amides is 1. The van der Waals surface area contributed by atoms with Gasteiger partial charge in [0.25, 0.3) is 5.91 Å². The first-order chi connectivity index (χ1) is 9.56. The molecule has 104 valence electrons. The Kier molecular flexibility index (Phi) is 3.83. The van der Waals surface area contributed by atoms with Gasteiger partial charge in [0.2, 0.25) is 6.41 Å². The van der Waals surface area contributed by atoms with Crippen molar-refractivity contribution < 1.29 is 14.7 Å². The van der Waals surface area contributed by atoms with Crippen molar-refractivity contribution in [2.75, 3.05) is 5.01 Å². The molecule has 6 N–H and O–H groups in total. The molecule has 0 saturated carbocycles. The summed E-state index contributed by atoms with van der Waals surface area (Å²) in [5.74, 6) is 4.91. The highest BCUT2D eigenvalue weighted by Crippen LogP contribution is 2.26. The highest BCUT2D eigenvalue weighted by Gasteiger charge is 2.17. The minimum absolute atomic E-state index is 0.0511. The number of amides is 2. The molecule has 0 radical (unpaired) electrons. The van der Waals surface area contributed by atoms with Crippen molar-refractivity contribution in [3.05, 3.63) is 41.5 Å². The summed E-state index contributed by atoms with van der Waals surface area (Å²) in [6.07, 6.45) is 0.372. The fourth-order valence-electron chi connectivity index (χ4n) is 1.83. The molecule has 2 rings (SSSR count). The zero-order chi connectivity index (χ0) is 14.7. The fraction of sp³-hybridized carbons (Fsp3) is 0.0769. The number of rotatable bonds is 5. The van der Waals surface area contributed by atoms with Gasteiger partial charge in [-0.3, -0.25) is 9.59 Å². The number of nitrogens with one attached hydrogen (secondary N) is 1. The lowest BCUT2D eigenvalue weighted by Gasteiger charge is -2.08. The van der Waals surface area contributed by atoms with E-state index >= 15 is 0 Å². The second-order valence-corrected chi connectivity index (χ2v) is 4.18. The maximum atomic E-state index is 11.4. The Hall–Kier alpha value is -2.64. The largest absolute Gasteiger partial charge is 0.392 e. The maximum absolute atomic E-state index is 11.4. The number of anilines is 1. The van der Waals surface area contributed by atoms with Crippen LogP contribution >= 0.6 is 0 Å². The van der Waals surface area contributed by atoms with Crippen LogP contribution in [0.15, 0.2) is 30.3 Å². The van der Waals surface area contributed by atoms with Gasteiger partial charge in [-0.2, -0.15) is 0 Å². The van der Waals surface area contributed by atoms with Crippen LogP contribution in [0.3, 0.4) is 0 Å². The molecule has 0 unspecified atom stereocenters. The summed E-state index contributed by atoms with van der Waals surface area (Å²) in [6, 6.07) is 8.57. The highest BCUT2D eigenvalue weighted by atomic mass is 16.3. The first-order valence-electron chi connectivity index (χ1n) is 5.79. The average Bonchev–Trinajstić information content (AvgIpc) is 2.92. The highest BCUT2D eigenvalue weighted by molar-refractivity contribution is 6.01. The number of nitrogens with zero attached hydrogens (tertiary/aromatic N) is 1. The third-order valence-corrected chi connectivity index (χ3v) is 2.88. The molecular formula is C13H14N4O3. The summed E-state index contributed by atoms with van der Waals surface area (Å²) >= 11 is 0. The first kappa shape index (κ1) is 13.8. The van der Waals surface area contributed by atoms with Crippen molar-refractivity contribution in [2.45, 2.75) is 6.61 Å². The summed E-state index contributed by atoms with van der Waals surface area (Å²) in [5.41, 5.74) is 7.51. The van der Waals surface area contributed by atoms with Crippen molar-refractivity contribution in [3.8, 4) is 11.3 Å². The molecule has 0 aliphatic carbocycles. The van der Waals surface area contributed by atoms with Crippen molar-refractivity contribution in [1.82, 2.24) is 4.98 Å². The van der Waals surface area contributed by atoms with Gasteiger partial charge in [0, 0.05) is 5.69 Å². The van der Waals surface area contributed by atoms with Gasteiger partial charge in [-0.05, 0) is 17.2 Å². The van der Waals surface area contributed by atoms with Crippen LogP contribution in [0.25, 0.3) is 11.3 Å². The molecule has 1 aromatic carbocycles. The number of aliphatic hydroxyl groups is 1. The van der Waals surface area contributed by atoms with Crippen LogP contribution in [0, 0.1) is 0 Å². The SMILES string of the molecule is NC(=O)c1cc(-c2ccc(CO)cc2)[nH]c1N(N)C=O. The molecule has 0 aliphatic heterocycles. The number of aromatic amines is 1. The van der Waals surface area contributed by atoms with Gasteiger partial charge in [-0.25, -0.2) is 10.9 Å². The summed E-state index contributed by atoms with van der Waals surface area (Å²) in [4.78, 5) is 24.9. The standard InChI is InChI=1S/C13H14N4O3/c14-12(20)10-5-11(16-13(10)17(15)7-19)9-3-1-8(6-18)2-4-9/h1-5,7,16,18H,6,15H2,(H2,14,20). The van der Waals surface area contributed by atoms with Gasteiger partial charge in [0.15, 0.2) is 0 Å². The Balaban J connectivity index is 2.46. The normalized spacial score (nSPS) is 10.3. The van der Waals surface area contributed by atoms with E-state index in [1.165, 1.54) is 6.07 Å². The molecule has 1 heterocycles. The quantitative estimate of drug-likeness (QED) is 0.267. The molecule has 0 bridgehead atoms. The van der Waals surface area contributed by atoms with Gasteiger partial charge >= 0.3 is 0 Å². The van der Waals surface area contributed by atoms with Gasteiger partial charge in [-0.1, -0.05) is 24.3 Å². The van der Waals surface area contributed by atoms with Crippen LogP contribution in [-0.2, 0) is 11.4 Å². The number of aliphatic hydroxyl groups excluding tert-OH is 1. The molecule has 7 nitrogen and oxygen atoms in total. The number of hydrogen-bond donors (Lipinski definition) is 4. The van der Waals surface area contributed by atoms with E-state index in [-0.39, 0.29) is 18.0 Å². The number of hydrazine groups is 1. The summed E-state index contributed by atoms with van der Waals surface area (Å²) in [6.45, 7) is -0.0511. The lowest BCUT2D eigenvalue weighted by atomic mass is 10.1. The third kappa shape index (κ3) is 2.53. The van der Waals surface area contributed by atoms with Gasteiger partial charge in [-0.15, -0.1) is 0 Å². The molecule has 1 aromatic heterocycles. The van der Waals surface area contributed by atoms with Gasteiger partial charge in [0.05, 0.1) is 12.2 Å². The van der Waals surface area contributed by atoms with Gasteiger partial charge < -0.3 is 15.8 Å². The smallest absolute Gasteiger partial charge is 0.252 e. The van der Waals surface area contributed by atoms with Gasteiger partial charge in [0.1, 0.15) is 5.82 Å². The fourth-order valence-corrected chi connectivity index (χ4v) is 1.83. The van der Waals surface area contributed by atoms with E-state index in [0.29, 0.717) is 12.1 Å². The Morgan fingerprint density at radius 1 is 1.35 bits per heavy atom. The van der Waals surface area contributed by atoms with Crippen LogP contribution in [-0.4, -0.2) is 22.4 Å². The molecule has 0 atom stereocenters. The minimum Gasteiger partial charge on any atom is -0.392 e. The Bertz CT molecular complexity index is 634. The van der Waals surface area contributed by atoms with Crippen LogP contribution in [0.4, 0.5) is 5.82 Å². The van der Waals surface area contributed by atoms with E-state index in [1.807, 2.05) is 0 Å². The molecule has 2 amide bonds. The van der Waals surface area contributed by atoms with Crippen LogP contribution in [0.1, 0.15) is 15.9 Å². The summed E-state index contributed by atoms with van der Waals surface area (Å²) in [5, 5.41) is 9.75. The van der Waals surface area contributed by atoms with E-state index in [1.54, 1.807) is 24.3 Å². The Labute approximate surface area is 114 Å². The van der Waals surface area contributed by atoms with E-state index in [9.17, 15) is 9.59 Å². The first-order valence-corrected chi connectivity index (χ1v) is 5.79. The molecule has 2 aromatic rings. The van der Waals surface area contributed by atoms with Crippen molar-refractivity contribution in [1.29, 1.82) is 0 Å². The zero-order valence-corrected chi connectivity index (χ0v) is 10.5. The molecule has 0 fully saturated rings. The molecule has 0 spiro atoms. The number of carbonyl (C=O) groups excluding carboxylic acids is 2. The molecule has 20 heavy (non-hydrogen) atoms. The lowest BCUT2D eigenvalue weighted by Crippen LogP contribution is -2.31. The van der Waals surface area contributed by atoms with Crippen molar-refractivity contribution in [3.63, 3.8) is 0 Å². The van der Waals surface area contributed by atoms with E-state index in [4.69, 9.17) is 16.7 Å². The maximum Gasteiger partial charge on any atom is 0.252 e. The van der Waals surface area contributed by atoms with Crippen molar-refractivity contribution >= 4 is 18.1 Å². The number of carbonyl (C=O) groups is 2. The van der Waals surface area contributed by atoms with Crippen molar-refractivity contribution in [2.24, 2.45) is 11.6 Å². The van der Waals surface area contributed by atoms with Crippen LogP contribution in [0.2, 0.25) is 0 Å². The topological polar surface area (TPSA) is 125 Å². The zero-order valence-electron chi connectivity index (χ0n) is 10.5. The number of nitrogens with two attached hydrogens (primary N) is 2. The van der Waals surface area contributed by atoms with E-state index in [2.05, 4.69) is 4.98 Å². The second-order valence-electron chi connectivity index (χ2n) is 4.18. The second kappa shape index (κ2) is 5.55. The number of H-pyrrole nitrogens is 1. The molecular weight excluding hydrogens is 260 g/mol. The molecule has 7 heteroatoms. The van der Waals surface area contributed by atoms with Crippen LogP contribution < -0.4 is 16.6 Å². The third-order valence-electron chi connectivity index (χ3n) is 2.88. The Morgan fingerprint density at radius 2 is 2.00 bits per heavy atom. The summed E-state index contributed by atoms with van der Waals surface area (Å²) < 4.78 is 0. The molecule has 0 saturated heterocycles. The summed E-state index contributed by atoms with van der Waals surface area (Å²) in [7, 11) is 0. The minimum atomic E-state index is -0.688. The average molecular weight is 274 g/mol. The van der Waals surface area contributed by atoms with Crippen LogP contribution in [0.5, 0.6) is 0 Å².